The zero-order valence-corrected chi connectivity index (χ0v) is 19.3. The lowest BCUT2D eigenvalue weighted by Gasteiger charge is -2.22. The Hall–Kier alpha value is -3.03. The molecule has 6 nitrogen and oxygen atoms in total. The molecule has 2 unspecified atom stereocenters. The van der Waals surface area contributed by atoms with Gasteiger partial charge in [-0.2, -0.15) is 0 Å². The van der Waals surface area contributed by atoms with Crippen molar-refractivity contribution in [3.8, 4) is 11.1 Å². The van der Waals surface area contributed by atoms with Crippen molar-refractivity contribution >= 4 is 28.6 Å². The molecule has 0 bridgehead atoms. The molecule has 1 spiro atoms. The minimum Gasteiger partial charge on any atom is -0.355 e. The Morgan fingerprint density at radius 3 is 2.88 bits per heavy atom. The van der Waals surface area contributed by atoms with Gasteiger partial charge in [-0.3, -0.25) is 9.97 Å². The monoisotopic (exact) mass is 452 g/mol. The van der Waals surface area contributed by atoms with Crippen LogP contribution in [0.15, 0.2) is 58.8 Å². The van der Waals surface area contributed by atoms with Gasteiger partial charge in [0.2, 0.25) is 0 Å². The first kappa shape index (κ1) is 19.4. The maximum atomic E-state index is 6.31. The molecule has 164 valence electrons. The van der Waals surface area contributed by atoms with Crippen LogP contribution in [-0.2, 0) is 6.42 Å². The number of aromatic nitrogens is 4. The van der Waals surface area contributed by atoms with Gasteiger partial charge in [-0.05, 0) is 66.4 Å². The maximum absolute atomic E-state index is 6.31. The van der Waals surface area contributed by atoms with Crippen molar-refractivity contribution in [1.29, 1.82) is 0 Å². The summed E-state index contributed by atoms with van der Waals surface area (Å²) in [5, 5.41) is 0.771. The summed E-state index contributed by atoms with van der Waals surface area (Å²) in [6.45, 7) is 4.18. The van der Waals surface area contributed by atoms with E-state index in [9.17, 15) is 0 Å². The SMILES string of the molecule is Cc1cccc2c1Cc1nc(Sc3cnc4cccnc4c3)nc(N3CCC4(CC4N)C3)c1-2. The van der Waals surface area contributed by atoms with Crippen molar-refractivity contribution in [3.05, 3.63) is 65.6 Å². The first-order valence-corrected chi connectivity index (χ1v) is 12.3. The van der Waals surface area contributed by atoms with Crippen LogP contribution in [0.4, 0.5) is 5.82 Å². The molecule has 7 heteroatoms. The number of nitrogens with two attached hydrogens (primary N) is 1. The molecule has 4 aromatic rings. The largest absolute Gasteiger partial charge is 0.355 e. The summed E-state index contributed by atoms with van der Waals surface area (Å²) < 4.78 is 0. The maximum Gasteiger partial charge on any atom is 0.194 e. The third-order valence-electron chi connectivity index (χ3n) is 7.54. The summed E-state index contributed by atoms with van der Waals surface area (Å²) in [5.41, 5.74) is 14.7. The molecule has 2 atom stereocenters. The predicted octanol–water partition coefficient (Wildman–Crippen LogP) is 4.38. The van der Waals surface area contributed by atoms with Gasteiger partial charge in [0.15, 0.2) is 5.16 Å². The van der Waals surface area contributed by atoms with Gasteiger partial charge < -0.3 is 10.6 Å². The number of hydrogen-bond donors (Lipinski definition) is 1. The first-order valence-electron chi connectivity index (χ1n) is 11.5. The van der Waals surface area contributed by atoms with Crippen LogP contribution in [0, 0.1) is 12.3 Å². The summed E-state index contributed by atoms with van der Waals surface area (Å²) in [6.07, 6.45) is 6.82. The van der Waals surface area contributed by atoms with Gasteiger partial charge in [0.1, 0.15) is 5.82 Å². The second-order valence-electron chi connectivity index (χ2n) is 9.59. The highest BCUT2D eigenvalue weighted by atomic mass is 32.2. The van der Waals surface area contributed by atoms with Crippen LogP contribution in [0.5, 0.6) is 0 Å². The quantitative estimate of drug-likeness (QED) is 0.407. The summed E-state index contributed by atoms with van der Waals surface area (Å²) in [4.78, 5) is 22.6. The Labute approximate surface area is 196 Å². The van der Waals surface area contributed by atoms with E-state index >= 15 is 0 Å². The van der Waals surface area contributed by atoms with Crippen molar-refractivity contribution < 1.29 is 0 Å². The Balaban J connectivity index is 1.32. The highest BCUT2D eigenvalue weighted by Crippen LogP contribution is 2.54. The van der Waals surface area contributed by atoms with Crippen LogP contribution in [0.25, 0.3) is 22.2 Å². The van der Waals surface area contributed by atoms with Gasteiger partial charge in [0.05, 0.1) is 16.7 Å². The molecule has 1 saturated heterocycles. The van der Waals surface area contributed by atoms with E-state index < -0.39 is 0 Å². The molecule has 4 heterocycles. The molecule has 3 aromatic heterocycles. The smallest absolute Gasteiger partial charge is 0.194 e. The van der Waals surface area contributed by atoms with Crippen LogP contribution in [0.1, 0.15) is 29.7 Å². The zero-order valence-electron chi connectivity index (χ0n) is 18.5. The minimum absolute atomic E-state index is 0.285. The van der Waals surface area contributed by atoms with E-state index in [1.165, 1.54) is 22.3 Å². The van der Waals surface area contributed by atoms with Crippen LogP contribution in [-0.4, -0.2) is 39.1 Å². The predicted molar refractivity (Wildman–Crippen MR) is 131 cm³/mol. The normalized spacial score (nSPS) is 22.7. The van der Waals surface area contributed by atoms with Crippen molar-refractivity contribution in [2.75, 3.05) is 18.0 Å². The third kappa shape index (κ3) is 3.06. The van der Waals surface area contributed by atoms with Crippen LogP contribution >= 0.6 is 11.8 Å². The fraction of sp³-hybridized carbons (Fsp3) is 0.308. The van der Waals surface area contributed by atoms with E-state index in [4.69, 9.17) is 15.7 Å². The van der Waals surface area contributed by atoms with E-state index in [0.717, 1.165) is 64.9 Å². The highest BCUT2D eigenvalue weighted by molar-refractivity contribution is 7.99. The molecule has 1 saturated carbocycles. The molecule has 0 radical (unpaired) electrons. The molecule has 3 aliphatic rings. The van der Waals surface area contributed by atoms with E-state index in [1.54, 1.807) is 18.0 Å². The van der Waals surface area contributed by atoms with Gasteiger partial charge in [-0.15, -0.1) is 0 Å². The second-order valence-corrected chi connectivity index (χ2v) is 10.6. The van der Waals surface area contributed by atoms with Crippen molar-refractivity contribution in [1.82, 2.24) is 19.9 Å². The number of nitrogens with zero attached hydrogens (tertiary/aromatic N) is 5. The van der Waals surface area contributed by atoms with Gasteiger partial charge in [0.25, 0.3) is 0 Å². The molecular weight excluding hydrogens is 428 g/mol. The third-order valence-corrected chi connectivity index (χ3v) is 8.37. The number of benzene rings is 1. The van der Waals surface area contributed by atoms with Gasteiger partial charge >= 0.3 is 0 Å². The molecule has 2 aliphatic carbocycles. The highest BCUT2D eigenvalue weighted by Gasteiger charge is 2.56. The zero-order chi connectivity index (χ0) is 22.2. The Morgan fingerprint density at radius 2 is 2.03 bits per heavy atom. The van der Waals surface area contributed by atoms with Crippen molar-refractivity contribution in [3.63, 3.8) is 0 Å². The Bertz CT molecular complexity index is 1440. The molecular formula is C26H24N6S. The van der Waals surface area contributed by atoms with Gasteiger partial charge in [-0.1, -0.05) is 18.2 Å². The molecule has 33 heavy (non-hydrogen) atoms. The number of rotatable bonds is 3. The number of hydrogen-bond acceptors (Lipinski definition) is 7. The van der Waals surface area contributed by atoms with Crippen molar-refractivity contribution in [2.24, 2.45) is 11.1 Å². The van der Waals surface area contributed by atoms with Gasteiger partial charge in [-0.25, -0.2) is 9.97 Å². The lowest BCUT2D eigenvalue weighted by molar-refractivity contribution is 0.553. The standard InChI is InChI=1S/C26H24N6S/c1-15-4-2-5-17-18(15)11-21-23(17)24(32-9-7-26(14-32)12-22(26)27)31-25(30-21)33-16-10-20-19(29-13-16)6-3-8-28-20/h2-6,8,10,13,22H,7,9,11-12,14,27H2,1H3. The average Bonchev–Trinajstić information content (AvgIpc) is 3.14. The number of pyridine rings is 2. The summed E-state index contributed by atoms with van der Waals surface area (Å²) in [6, 6.07) is 12.8. The molecule has 2 fully saturated rings. The van der Waals surface area contributed by atoms with E-state index in [2.05, 4.69) is 46.1 Å². The molecule has 2 N–H and O–H groups in total. The molecule has 1 aliphatic heterocycles. The Morgan fingerprint density at radius 1 is 1.12 bits per heavy atom. The Kier molecular flexibility index (Phi) is 4.11. The van der Waals surface area contributed by atoms with E-state index in [0.29, 0.717) is 6.04 Å². The first-order chi connectivity index (χ1) is 16.1. The number of fused-ring (bicyclic) bond motifs is 4. The summed E-state index contributed by atoms with van der Waals surface area (Å²) >= 11 is 1.56. The number of aryl methyl sites for hydroxylation is 1. The minimum atomic E-state index is 0.285. The molecule has 1 aromatic carbocycles. The van der Waals surface area contributed by atoms with Gasteiger partial charge in [0, 0.05) is 53.8 Å². The van der Waals surface area contributed by atoms with Crippen molar-refractivity contribution in [2.45, 2.75) is 42.3 Å². The lowest BCUT2D eigenvalue weighted by Crippen LogP contribution is -2.24. The van der Waals surface area contributed by atoms with Crippen LogP contribution in [0.2, 0.25) is 0 Å². The second kappa shape index (κ2) is 6.98. The van der Waals surface area contributed by atoms with E-state index in [1.807, 2.05) is 18.3 Å². The summed E-state index contributed by atoms with van der Waals surface area (Å²) in [7, 11) is 0. The number of anilines is 1. The average molecular weight is 453 g/mol. The van der Waals surface area contributed by atoms with Crippen LogP contribution < -0.4 is 10.6 Å². The topological polar surface area (TPSA) is 80.8 Å². The molecule has 7 rings (SSSR count). The fourth-order valence-corrected chi connectivity index (χ4v) is 6.28. The summed E-state index contributed by atoms with van der Waals surface area (Å²) in [5.74, 6) is 1.06. The fourth-order valence-electron chi connectivity index (χ4n) is 5.51. The van der Waals surface area contributed by atoms with E-state index in [-0.39, 0.29) is 5.41 Å². The lowest BCUT2D eigenvalue weighted by atomic mass is 10.0. The van der Waals surface area contributed by atoms with Crippen LogP contribution in [0.3, 0.4) is 0 Å². The molecule has 0 amide bonds.